The number of aliphatic carboxylic acids is 1. The highest BCUT2D eigenvalue weighted by atomic mass is 16.6. The second kappa shape index (κ2) is 10.3. The Morgan fingerprint density at radius 3 is 2.18 bits per heavy atom. The van der Waals surface area contributed by atoms with E-state index in [0.717, 1.165) is 22.3 Å². The van der Waals surface area contributed by atoms with E-state index >= 15 is 0 Å². The number of rotatable bonds is 6. The number of nitrogens with one attached hydrogen (secondary N) is 1. The number of hydrogen-bond donors (Lipinski definition) is 2. The monoisotopic (exact) mass is 526 g/mol. The Labute approximate surface area is 226 Å². The molecule has 8 heteroatoms. The number of aromatic nitrogens is 1. The van der Waals surface area contributed by atoms with Gasteiger partial charge in [0.15, 0.2) is 0 Å². The largest absolute Gasteiger partial charge is 0.480 e. The number of carboxylic acid groups (broad SMARTS) is 1. The van der Waals surface area contributed by atoms with Crippen LogP contribution in [0.3, 0.4) is 0 Å². The lowest BCUT2D eigenvalue weighted by Crippen LogP contribution is -2.43. The van der Waals surface area contributed by atoms with Gasteiger partial charge >= 0.3 is 18.2 Å². The van der Waals surface area contributed by atoms with E-state index in [2.05, 4.69) is 5.32 Å². The van der Waals surface area contributed by atoms with Crippen LogP contribution in [0, 0.1) is 0 Å². The van der Waals surface area contributed by atoms with E-state index in [4.69, 9.17) is 9.47 Å². The second-order valence-electron chi connectivity index (χ2n) is 10.6. The number of alkyl carbamates (subject to hydrolysis) is 1. The van der Waals surface area contributed by atoms with Crippen LogP contribution in [-0.4, -0.2) is 46.1 Å². The summed E-state index contributed by atoms with van der Waals surface area (Å²) in [5, 5.41) is 13.1. The zero-order chi connectivity index (χ0) is 27.7. The summed E-state index contributed by atoms with van der Waals surface area (Å²) < 4.78 is 12.4. The number of carbonyl (C=O) groups is 3. The molecule has 1 heterocycles. The quantitative estimate of drug-likeness (QED) is 0.321. The lowest BCUT2D eigenvalue weighted by molar-refractivity contribution is -0.139. The van der Waals surface area contributed by atoms with Crippen LogP contribution in [0.25, 0.3) is 22.0 Å². The van der Waals surface area contributed by atoms with Crippen molar-refractivity contribution in [1.29, 1.82) is 0 Å². The van der Waals surface area contributed by atoms with Gasteiger partial charge in [-0.05, 0) is 60.7 Å². The smallest absolute Gasteiger partial charge is 0.418 e. The van der Waals surface area contributed by atoms with Crippen molar-refractivity contribution in [2.75, 3.05) is 6.61 Å². The molecule has 8 nitrogen and oxygen atoms in total. The number of hydrogen-bond acceptors (Lipinski definition) is 5. The topological polar surface area (TPSA) is 107 Å². The van der Waals surface area contributed by atoms with Crippen LogP contribution in [0.15, 0.2) is 79.0 Å². The van der Waals surface area contributed by atoms with Gasteiger partial charge in [0.25, 0.3) is 0 Å². The third-order valence-electron chi connectivity index (χ3n) is 6.77. The average molecular weight is 527 g/mol. The number of carbonyl (C=O) groups excluding carboxylic acids is 2. The molecule has 3 aromatic carbocycles. The van der Waals surface area contributed by atoms with Crippen molar-refractivity contribution in [3.8, 4) is 11.1 Å². The van der Waals surface area contributed by atoms with Gasteiger partial charge in [-0.1, -0.05) is 60.7 Å². The van der Waals surface area contributed by atoms with Crippen LogP contribution in [-0.2, 0) is 20.7 Å². The van der Waals surface area contributed by atoms with Gasteiger partial charge in [-0.25, -0.2) is 14.4 Å². The van der Waals surface area contributed by atoms with Gasteiger partial charge in [0, 0.05) is 23.9 Å². The first-order valence-corrected chi connectivity index (χ1v) is 12.8. The molecular formula is C31H30N2O6. The number of amides is 1. The average Bonchev–Trinajstić information content (AvgIpc) is 3.46. The predicted molar refractivity (Wildman–Crippen MR) is 147 cm³/mol. The molecule has 1 aliphatic rings. The van der Waals surface area contributed by atoms with Crippen molar-refractivity contribution in [1.82, 2.24) is 9.88 Å². The van der Waals surface area contributed by atoms with Gasteiger partial charge in [-0.2, -0.15) is 0 Å². The Balaban J connectivity index is 1.29. The maximum atomic E-state index is 12.8. The summed E-state index contributed by atoms with van der Waals surface area (Å²) in [6.45, 7) is 5.44. The highest BCUT2D eigenvalue weighted by Crippen LogP contribution is 2.44. The van der Waals surface area contributed by atoms with Crippen molar-refractivity contribution >= 4 is 29.1 Å². The Morgan fingerprint density at radius 1 is 0.923 bits per heavy atom. The number of ether oxygens (including phenoxy) is 2. The first kappa shape index (κ1) is 26.0. The molecule has 0 saturated heterocycles. The van der Waals surface area contributed by atoms with Crippen molar-refractivity contribution in [3.63, 3.8) is 0 Å². The first-order valence-electron chi connectivity index (χ1n) is 12.8. The van der Waals surface area contributed by atoms with Gasteiger partial charge < -0.3 is 19.9 Å². The van der Waals surface area contributed by atoms with Gasteiger partial charge in [-0.15, -0.1) is 0 Å². The molecule has 0 spiro atoms. The fourth-order valence-electron chi connectivity index (χ4n) is 5.08. The summed E-state index contributed by atoms with van der Waals surface area (Å²) in [6, 6.07) is 21.8. The van der Waals surface area contributed by atoms with E-state index < -0.39 is 29.8 Å². The van der Waals surface area contributed by atoms with E-state index in [1.165, 1.54) is 4.57 Å². The van der Waals surface area contributed by atoms with E-state index in [1.54, 1.807) is 51.2 Å². The fraction of sp³-hybridized carbons (Fsp3) is 0.258. The Hall–Kier alpha value is -4.59. The Kier molecular flexibility index (Phi) is 6.87. The predicted octanol–water partition coefficient (Wildman–Crippen LogP) is 5.96. The molecule has 1 amide bonds. The molecule has 0 unspecified atom stereocenters. The SMILES string of the molecule is CC(C)(C)OC(=O)n1ccc2c(C[C@H](NC(=O)OCC3c4ccccc4-c4ccccc43)C(=O)O)cccc21. The van der Waals surface area contributed by atoms with Crippen LogP contribution < -0.4 is 5.32 Å². The minimum Gasteiger partial charge on any atom is -0.480 e. The molecule has 0 aliphatic heterocycles. The standard InChI is InChI=1S/C31H30N2O6/c1-31(2,3)39-30(37)33-16-15-20-19(9-8-14-27(20)33)17-26(28(34)35)32-29(36)38-18-25-23-12-6-4-10-21(23)22-11-5-7-13-24(22)25/h4-16,25-26H,17-18H2,1-3H3,(H,32,36)(H,34,35)/t26-/m0/s1. The maximum Gasteiger partial charge on any atom is 0.418 e. The van der Waals surface area contributed by atoms with Gasteiger partial charge in [0.2, 0.25) is 0 Å². The van der Waals surface area contributed by atoms with E-state index in [1.807, 2.05) is 48.5 Å². The molecule has 0 fully saturated rings. The van der Waals surface area contributed by atoms with Crippen molar-refractivity contribution in [2.24, 2.45) is 0 Å². The first-order chi connectivity index (χ1) is 18.6. The second-order valence-corrected chi connectivity index (χ2v) is 10.6. The molecular weight excluding hydrogens is 496 g/mol. The number of nitrogens with zero attached hydrogens (tertiary/aromatic N) is 1. The minimum absolute atomic E-state index is 0.00913. The molecule has 1 aliphatic carbocycles. The van der Waals surface area contributed by atoms with Crippen LogP contribution in [0.4, 0.5) is 9.59 Å². The lowest BCUT2D eigenvalue weighted by atomic mass is 9.98. The molecule has 0 radical (unpaired) electrons. The summed E-state index contributed by atoms with van der Waals surface area (Å²) >= 11 is 0. The normalized spacial score (nSPS) is 13.4. The molecule has 4 aromatic rings. The summed E-state index contributed by atoms with van der Waals surface area (Å²) in [5.74, 6) is -1.32. The third kappa shape index (κ3) is 5.36. The van der Waals surface area contributed by atoms with Gasteiger partial charge in [0.1, 0.15) is 18.2 Å². The summed E-state index contributed by atoms with van der Waals surface area (Å²) in [7, 11) is 0. The molecule has 0 bridgehead atoms. The number of fused-ring (bicyclic) bond motifs is 4. The maximum absolute atomic E-state index is 12.8. The van der Waals surface area contributed by atoms with Crippen LogP contribution in [0.5, 0.6) is 0 Å². The van der Waals surface area contributed by atoms with Crippen LogP contribution in [0.2, 0.25) is 0 Å². The lowest BCUT2D eigenvalue weighted by Gasteiger charge is -2.20. The Bertz CT molecular complexity index is 1520. The highest BCUT2D eigenvalue weighted by Gasteiger charge is 2.30. The van der Waals surface area contributed by atoms with Crippen molar-refractivity contribution in [3.05, 3.63) is 95.7 Å². The molecule has 200 valence electrons. The third-order valence-corrected chi connectivity index (χ3v) is 6.77. The van der Waals surface area contributed by atoms with Crippen molar-refractivity contribution < 1.29 is 29.0 Å². The molecule has 1 atom stereocenters. The number of carboxylic acids is 1. The van der Waals surface area contributed by atoms with Gasteiger partial charge in [0.05, 0.1) is 5.52 Å². The van der Waals surface area contributed by atoms with Crippen molar-refractivity contribution in [2.45, 2.75) is 44.8 Å². The zero-order valence-electron chi connectivity index (χ0n) is 22.0. The van der Waals surface area contributed by atoms with E-state index in [0.29, 0.717) is 16.5 Å². The summed E-state index contributed by atoms with van der Waals surface area (Å²) in [6.07, 6.45) is 0.274. The number of benzene rings is 3. The zero-order valence-corrected chi connectivity index (χ0v) is 22.0. The van der Waals surface area contributed by atoms with Crippen LogP contribution >= 0.6 is 0 Å². The minimum atomic E-state index is -1.23. The summed E-state index contributed by atoms with van der Waals surface area (Å²) in [4.78, 5) is 37.5. The van der Waals surface area contributed by atoms with E-state index in [9.17, 15) is 19.5 Å². The molecule has 5 rings (SSSR count). The molecule has 0 saturated carbocycles. The molecule has 2 N–H and O–H groups in total. The molecule has 39 heavy (non-hydrogen) atoms. The Morgan fingerprint density at radius 2 is 1.56 bits per heavy atom. The van der Waals surface area contributed by atoms with Crippen LogP contribution in [0.1, 0.15) is 43.4 Å². The highest BCUT2D eigenvalue weighted by molar-refractivity contribution is 5.92. The fourth-order valence-corrected chi connectivity index (χ4v) is 5.08. The summed E-state index contributed by atoms with van der Waals surface area (Å²) in [5.41, 5.74) is 4.96. The molecule has 1 aromatic heterocycles. The van der Waals surface area contributed by atoms with E-state index in [-0.39, 0.29) is 18.9 Å². The van der Waals surface area contributed by atoms with Gasteiger partial charge in [-0.3, -0.25) is 4.57 Å².